The normalized spacial score (nSPS) is 12.7. The summed E-state index contributed by atoms with van der Waals surface area (Å²) in [4.78, 5) is 24.5. The van der Waals surface area contributed by atoms with Gasteiger partial charge in [0.25, 0.3) is 0 Å². The van der Waals surface area contributed by atoms with Gasteiger partial charge in [0.1, 0.15) is 0 Å². The van der Waals surface area contributed by atoms with Crippen molar-refractivity contribution in [1.82, 2.24) is 5.32 Å². The van der Waals surface area contributed by atoms with Crippen LogP contribution in [-0.4, -0.2) is 47.4 Å². The molecule has 1 amide bonds. The predicted molar refractivity (Wildman–Crippen MR) is 361 cm³/mol. The van der Waals surface area contributed by atoms with E-state index >= 15 is 0 Å². The Balaban J connectivity index is 3.29. The average molecular weight is 1150 g/mol. The lowest BCUT2D eigenvalue weighted by Gasteiger charge is -2.20. The van der Waals surface area contributed by atoms with Crippen LogP contribution in [0, 0.1) is 0 Å². The van der Waals surface area contributed by atoms with E-state index in [1.807, 2.05) is 6.08 Å². The molecule has 0 spiro atoms. The first kappa shape index (κ1) is 80.1. The summed E-state index contributed by atoms with van der Waals surface area (Å²) in [5.41, 5.74) is 0. The summed E-state index contributed by atoms with van der Waals surface area (Å²) in [5.74, 6) is -0.0456. The van der Waals surface area contributed by atoms with Crippen LogP contribution < -0.4 is 5.32 Å². The van der Waals surface area contributed by atoms with Crippen LogP contribution in [0.4, 0.5) is 0 Å². The maximum Gasteiger partial charge on any atom is 0.305 e. The van der Waals surface area contributed by atoms with Gasteiger partial charge in [0.05, 0.1) is 25.4 Å². The molecule has 484 valence electrons. The molecule has 3 N–H and O–H groups in total. The Morgan fingerprint density at radius 3 is 0.866 bits per heavy atom. The van der Waals surface area contributed by atoms with Gasteiger partial charge in [0.15, 0.2) is 0 Å². The topological polar surface area (TPSA) is 95.9 Å². The van der Waals surface area contributed by atoms with Crippen molar-refractivity contribution in [3.8, 4) is 0 Å². The second-order valence-corrected chi connectivity index (χ2v) is 25.6. The van der Waals surface area contributed by atoms with Gasteiger partial charge < -0.3 is 20.3 Å². The number of rotatable bonds is 70. The molecule has 0 aromatic carbocycles. The molecule has 0 aromatic heterocycles. The Labute approximate surface area is 513 Å². The second-order valence-electron chi connectivity index (χ2n) is 25.6. The monoisotopic (exact) mass is 1150 g/mol. The SMILES string of the molecule is CCCCCCCC/C=C\CCCCCCCCCC(=O)OCCCCCCCCCCCCCCCCCCCC/C=C\CCCCCCCCCCCCCCCCCCCC(=O)NC(CO)C(O)/C=C/CCCCCCCCC. The van der Waals surface area contributed by atoms with Crippen LogP contribution in [0.5, 0.6) is 0 Å². The molecule has 0 heterocycles. The Morgan fingerprint density at radius 2 is 0.573 bits per heavy atom. The lowest BCUT2D eigenvalue weighted by molar-refractivity contribution is -0.143. The molecule has 2 unspecified atom stereocenters. The fourth-order valence-corrected chi connectivity index (χ4v) is 11.7. The number of aliphatic hydroxyl groups excluding tert-OH is 2. The number of aliphatic hydroxyl groups is 2. The first-order chi connectivity index (χ1) is 40.5. The molecular formula is C76H145NO5. The number of allylic oxidation sites excluding steroid dienone is 5. The largest absolute Gasteiger partial charge is 0.466 e. The van der Waals surface area contributed by atoms with Crippen LogP contribution in [0.1, 0.15) is 412 Å². The fourth-order valence-electron chi connectivity index (χ4n) is 11.7. The second kappa shape index (κ2) is 71.6. The van der Waals surface area contributed by atoms with E-state index < -0.39 is 12.1 Å². The van der Waals surface area contributed by atoms with E-state index in [2.05, 4.69) is 43.5 Å². The minimum atomic E-state index is -0.839. The van der Waals surface area contributed by atoms with Crippen LogP contribution in [0.15, 0.2) is 36.5 Å². The quantitative estimate of drug-likeness (QED) is 0.0320. The number of ether oxygens (including phenoxy) is 1. The molecule has 0 saturated heterocycles. The van der Waals surface area contributed by atoms with Crippen LogP contribution >= 0.6 is 0 Å². The van der Waals surface area contributed by atoms with Gasteiger partial charge in [-0.25, -0.2) is 0 Å². The molecule has 82 heavy (non-hydrogen) atoms. The van der Waals surface area contributed by atoms with E-state index in [-0.39, 0.29) is 18.5 Å². The molecule has 6 nitrogen and oxygen atoms in total. The molecule has 6 heteroatoms. The Kier molecular flexibility index (Phi) is 69.9. The van der Waals surface area contributed by atoms with E-state index in [0.29, 0.717) is 19.4 Å². The zero-order valence-electron chi connectivity index (χ0n) is 55.5. The molecule has 0 aliphatic carbocycles. The van der Waals surface area contributed by atoms with E-state index in [4.69, 9.17) is 4.74 Å². The van der Waals surface area contributed by atoms with Crippen molar-refractivity contribution in [2.75, 3.05) is 13.2 Å². The van der Waals surface area contributed by atoms with Gasteiger partial charge in [0.2, 0.25) is 5.91 Å². The first-order valence-corrected chi connectivity index (χ1v) is 37.3. The molecule has 0 bridgehead atoms. The zero-order chi connectivity index (χ0) is 59.2. The van der Waals surface area contributed by atoms with Crippen LogP contribution in [0.3, 0.4) is 0 Å². The minimum absolute atomic E-state index is 0.0193. The molecule has 0 saturated carbocycles. The van der Waals surface area contributed by atoms with Crippen LogP contribution in [0.25, 0.3) is 0 Å². The van der Waals surface area contributed by atoms with E-state index in [9.17, 15) is 19.8 Å². The number of carbonyl (C=O) groups is 2. The number of carbonyl (C=O) groups excluding carboxylic acids is 2. The average Bonchev–Trinajstić information content (AvgIpc) is 3.48. The van der Waals surface area contributed by atoms with Crippen molar-refractivity contribution in [1.29, 1.82) is 0 Å². The van der Waals surface area contributed by atoms with E-state index in [0.717, 1.165) is 38.5 Å². The number of amides is 1. The third-order valence-electron chi connectivity index (χ3n) is 17.4. The molecule has 0 aliphatic heterocycles. The minimum Gasteiger partial charge on any atom is -0.466 e. The van der Waals surface area contributed by atoms with Crippen molar-refractivity contribution in [2.24, 2.45) is 0 Å². The highest BCUT2D eigenvalue weighted by Gasteiger charge is 2.18. The van der Waals surface area contributed by atoms with Crippen molar-refractivity contribution in [3.63, 3.8) is 0 Å². The summed E-state index contributed by atoms with van der Waals surface area (Å²) in [6.45, 7) is 4.90. The van der Waals surface area contributed by atoms with Crippen molar-refractivity contribution >= 4 is 11.9 Å². The fraction of sp³-hybridized carbons (Fsp3) is 0.895. The van der Waals surface area contributed by atoms with E-state index in [1.165, 1.54) is 347 Å². The Morgan fingerprint density at radius 1 is 0.329 bits per heavy atom. The van der Waals surface area contributed by atoms with Gasteiger partial charge in [-0.15, -0.1) is 0 Å². The molecule has 0 aromatic rings. The van der Waals surface area contributed by atoms with Gasteiger partial charge in [-0.1, -0.05) is 352 Å². The number of esters is 1. The molecule has 0 radical (unpaired) electrons. The predicted octanol–water partition coefficient (Wildman–Crippen LogP) is 24.3. The smallest absolute Gasteiger partial charge is 0.305 e. The summed E-state index contributed by atoms with van der Waals surface area (Å²) in [7, 11) is 0. The van der Waals surface area contributed by atoms with Gasteiger partial charge in [0, 0.05) is 12.8 Å². The maximum atomic E-state index is 12.4. The highest BCUT2D eigenvalue weighted by molar-refractivity contribution is 5.76. The van der Waals surface area contributed by atoms with Gasteiger partial charge in [-0.2, -0.15) is 0 Å². The summed E-state index contributed by atoms with van der Waals surface area (Å²) in [6, 6.07) is -0.622. The Hall–Kier alpha value is -1.92. The first-order valence-electron chi connectivity index (χ1n) is 37.3. The van der Waals surface area contributed by atoms with Gasteiger partial charge in [-0.05, 0) is 83.5 Å². The number of nitrogens with one attached hydrogen (secondary N) is 1. The summed E-state index contributed by atoms with van der Waals surface area (Å²) in [6.07, 6.45) is 92.8. The molecule has 0 aliphatic rings. The van der Waals surface area contributed by atoms with Crippen molar-refractivity contribution < 1.29 is 24.5 Å². The molecule has 2 atom stereocenters. The molecule has 0 fully saturated rings. The summed E-state index contributed by atoms with van der Waals surface area (Å²) in [5, 5.41) is 23.0. The number of hydrogen-bond acceptors (Lipinski definition) is 5. The van der Waals surface area contributed by atoms with Gasteiger partial charge in [-0.3, -0.25) is 9.59 Å². The number of hydrogen-bond donors (Lipinski definition) is 3. The van der Waals surface area contributed by atoms with Crippen molar-refractivity contribution in [2.45, 2.75) is 424 Å². The maximum absolute atomic E-state index is 12.4. The van der Waals surface area contributed by atoms with Crippen LogP contribution in [0.2, 0.25) is 0 Å². The van der Waals surface area contributed by atoms with E-state index in [1.54, 1.807) is 6.08 Å². The molecular weight excluding hydrogens is 1010 g/mol. The highest BCUT2D eigenvalue weighted by atomic mass is 16.5. The third kappa shape index (κ3) is 67.2. The summed E-state index contributed by atoms with van der Waals surface area (Å²) < 4.78 is 5.51. The molecule has 0 rings (SSSR count). The van der Waals surface area contributed by atoms with Crippen LogP contribution in [-0.2, 0) is 14.3 Å². The van der Waals surface area contributed by atoms with Gasteiger partial charge >= 0.3 is 5.97 Å². The standard InChI is InChI=1S/C76H145NO5/c1-3-5-7-9-11-13-14-15-16-40-44-47-50-54-58-62-66-70-76(81)82-71-67-63-59-55-51-48-45-42-39-37-35-33-31-29-27-25-23-21-19-17-18-20-22-24-26-28-30-32-34-36-38-41-43-46-49-53-57-61-65-69-75(80)77-73(72-78)74(79)68-64-60-56-52-12-10-8-6-4-2/h15-18,64,68,73-74,78-79H,3-14,19-63,65-67,69-72H2,1-2H3,(H,77,80)/b16-15-,18-17-,68-64+. The van der Waals surface area contributed by atoms with Crippen molar-refractivity contribution in [3.05, 3.63) is 36.5 Å². The summed E-state index contributed by atoms with van der Waals surface area (Å²) >= 11 is 0. The highest BCUT2D eigenvalue weighted by Crippen LogP contribution is 2.19. The Bertz CT molecular complexity index is 1330. The lowest BCUT2D eigenvalue weighted by Crippen LogP contribution is -2.45. The number of unbranched alkanes of at least 4 members (excludes halogenated alkanes) is 55. The lowest BCUT2D eigenvalue weighted by atomic mass is 10.0. The zero-order valence-corrected chi connectivity index (χ0v) is 55.5. The third-order valence-corrected chi connectivity index (χ3v) is 17.4.